The largest absolute Gasteiger partial charge is 0.423 e. The quantitative estimate of drug-likeness (QED) is 0.347. The smallest absolute Gasteiger partial charge is 0.336 e. The lowest BCUT2D eigenvalue weighted by Crippen LogP contribution is -3.00. The molecule has 30 heavy (non-hydrogen) atoms. The first kappa shape index (κ1) is 18.8. The molecule has 1 saturated heterocycles. The van der Waals surface area contributed by atoms with Crippen molar-refractivity contribution in [3.63, 3.8) is 0 Å². The van der Waals surface area contributed by atoms with E-state index in [1.807, 2.05) is 25.1 Å². The molecule has 158 valence electrons. The first-order valence-electron chi connectivity index (χ1n) is 11.7. The van der Waals surface area contributed by atoms with Gasteiger partial charge in [-0.3, -0.25) is 4.90 Å². The van der Waals surface area contributed by atoms with Crippen molar-refractivity contribution in [2.75, 3.05) is 6.54 Å². The Morgan fingerprint density at radius 3 is 2.90 bits per heavy atom. The van der Waals surface area contributed by atoms with Crippen molar-refractivity contribution in [2.24, 2.45) is 5.92 Å². The van der Waals surface area contributed by atoms with Gasteiger partial charge in [-0.05, 0) is 74.6 Å². The van der Waals surface area contributed by atoms with E-state index in [0.29, 0.717) is 5.75 Å². The highest BCUT2D eigenvalue weighted by atomic mass is 16.5. The van der Waals surface area contributed by atoms with Crippen LogP contribution in [0.2, 0.25) is 0 Å². The molecule has 1 aliphatic heterocycles. The van der Waals surface area contributed by atoms with E-state index in [4.69, 9.17) is 4.74 Å². The van der Waals surface area contributed by atoms with Gasteiger partial charge in [0, 0.05) is 24.1 Å². The number of ether oxygens (including phenoxy) is 1. The molecule has 4 fully saturated rings. The highest BCUT2D eigenvalue weighted by molar-refractivity contribution is 5.84. The van der Waals surface area contributed by atoms with Crippen molar-refractivity contribution in [2.45, 2.75) is 80.9 Å². The van der Waals surface area contributed by atoms with Gasteiger partial charge in [0.25, 0.3) is 0 Å². The molecule has 0 aromatic heterocycles. The van der Waals surface area contributed by atoms with Crippen LogP contribution in [0.1, 0.15) is 63.0 Å². The Morgan fingerprint density at radius 2 is 2.13 bits per heavy atom. The monoisotopic (exact) mass is 405 g/mol. The minimum atomic E-state index is -0.594. The van der Waals surface area contributed by atoms with Gasteiger partial charge in [-0.2, -0.15) is 0 Å². The summed E-state index contributed by atoms with van der Waals surface area (Å²) in [7, 11) is 0. The third-order valence-corrected chi connectivity index (χ3v) is 9.08. The molecule has 3 saturated carbocycles. The normalized spacial score (nSPS) is 39.1. The van der Waals surface area contributed by atoms with Crippen LogP contribution in [0.3, 0.4) is 0 Å². The summed E-state index contributed by atoms with van der Waals surface area (Å²) in [5.41, 5.74) is 1.84. The van der Waals surface area contributed by atoms with E-state index in [-0.39, 0.29) is 23.0 Å². The molecule has 0 radical (unpaired) electrons. The van der Waals surface area contributed by atoms with E-state index in [0.717, 1.165) is 31.6 Å². The summed E-state index contributed by atoms with van der Waals surface area (Å²) in [4.78, 5) is 14.8. The average molecular weight is 406 g/mol. The Labute approximate surface area is 178 Å². The summed E-state index contributed by atoms with van der Waals surface area (Å²) in [6, 6.07) is 6.37. The number of hydrogen-bond donors (Lipinski definition) is 1. The summed E-state index contributed by atoms with van der Waals surface area (Å²) in [6.45, 7) is 3.08. The van der Waals surface area contributed by atoms with Crippen LogP contribution in [-0.2, 0) is 16.6 Å². The van der Waals surface area contributed by atoms with Crippen molar-refractivity contribution in [1.29, 1.82) is 0 Å². The Morgan fingerprint density at radius 1 is 1.27 bits per heavy atom. The van der Waals surface area contributed by atoms with Gasteiger partial charge in [0.2, 0.25) is 0 Å². The molecule has 6 rings (SSSR count). The van der Waals surface area contributed by atoms with Crippen molar-refractivity contribution < 1.29 is 14.6 Å². The number of piperidine rings is 1. The van der Waals surface area contributed by atoms with E-state index >= 15 is 0 Å². The number of nitrogens with zero attached hydrogens (tertiary/aromatic N) is 1. The highest BCUT2D eigenvalue weighted by Gasteiger charge is 2.88. The molecule has 1 aromatic carbocycles. The van der Waals surface area contributed by atoms with Crippen molar-refractivity contribution in [1.82, 2.24) is 4.90 Å². The Hall–Kier alpha value is -1.91. The number of allylic oxidation sites excluding steroid dienone is 3. The van der Waals surface area contributed by atoms with Gasteiger partial charge < -0.3 is 9.84 Å². The molecule has 4 atom stereocenters. The first-order valence-corrected chi connectivity index (χ1v) is 11.7. The van der Waals surface area contributed by atoms with Gasteiger partial charge in [0.05, 0.1) is 5.54 Å². The summed E-state index contributed by atoms with van der Waals surface area (Å²) < 4.78 is 5.58. The van der Waals surface area contributed by atoms with Crippen LogP contribution < -0.4 is 4.74 Å². The Balaban J connectivity index is 1.31. The summed E-state index contributed by atoms with van der Waals surface area (Å²) in [5, 5.41) is 12.1. The van der Waals surface area contributed by atoms with Crippen LogP contribution in [0.4, 0.5) is 0 Å². The third-order valence-electron chi connectivity index (χ3n) is 9.08. The Kier molecular flexibility index (Phi) is 3.96. The molecule has 4 aliphatic carbocycles. The maximum Gasteiger partial charge on any atom is 0.336 e. The highest BCUT2D eigenvalue weighted by Crippen LogP contribution is 2.77. The van der Waals surface area contributed by atoms with Gasteiger partial charge in [0.1, 0.15) is 11.4 Å². The molecule has 4 nitrogen and oxygen atoms in total. The predicted octanol–water partition coefficient (Wildman–Crippen LogP) is 4.06. The molecule has 2 spiro atoms. The molecular weight excluding hydrogens is 374 g/mol. The standard InChI is InChI=1S/C26H31NO3/c1-2-3-4-9-23(28)30-20-11-10-19-14-22-26(29)24(21(19)15-20)12-6-13-25(26,17-24)27(22)16-18-7-5-8-18/h2-4,9-11,15,18,22,29H,5-8,12-14,16-17H2,1H3/b3-2+,9-4+/t22-,24+,25?,26-/m1/s1. The predicted molar refractivity (Wildman–Crippen MR) is 115 cm³/mol. The zero-order valence-corrected chi connectivity index (χ0v) is 17.8. The van der Waals surface area contributed by atoms with Gasteiger partial charge in [-0.25, -0.2) is 4.79 Å². The molecule has 0 amide bonds. The molecular formula is C26H31NO3. The number of aliphatic hydroxyl groups is 1. The molecule has 1 unspecified atom stereocenters. The lowest BCUT2D eigenvalue weighted by molar-refractivity contribution is -0.389. The van der Waals surface area contributed by atoms with E-state index in [1.54, 1.807) is 6.08 Å². The van der Waals surface area contributed by atoms with Crippen LogP contribution in [0.5, 0.6) is 5.75 Å². The molecule has 1 aromatic rings. The van der Waals surface area contributed by atoms with E-state index < -0.39 is 5.60 Å². The lowest BCUT2D eigenvalue weighted by Gasteiger charge is -2.87. The molecule has 1 N–H and O–H groups in total. The van der Waals surface area contributed by atoms with Crippen molar-refractivity contribution >= 4 is 5.97 Å². The number of carbonyl (C=O) groups excluding carboxylic acids is 1. The average Bonchev–Trinajstić information content (AvgIpc) is 2.71. The van der Waals surface area contributed by atoms with Gasteiger partial charge in [-0.1, -0.05) is 37.1 Å². The van der Waals surface area contributed by atoms with E-state index in [2.05, 4.69) is 17.0 Å². The van der Waals surface area contributed by atoms with Gasteiger partial charge in [0.15, 0.2) is 0 Å². The zero-order valence-electron chi connectivity index (χ0n) is 17.8. The van der Waals surface area contributed by atoms with Crippen LogP contribution >= 0.6 is 0 Å². The second kappa shape index (κ2) is 6.30. The topological polar surface area (TPSA) is 49.8 Å². The van der Waals surface area contributed by atoms with Gasteiger partial charge in [-0.15, -0.1) is 0 Å². The fourth-order valence-corrected chi connectivity index (χ4v) is 7.69. The maximum atomic E-state index is 12.1. The second-order valence-corrected chi connectivity index (χ2v) is 10.2. The summed E-state index contributed by atoms with van der Waals surface area (Å²) in [6.07, 6.45) is 16.2. The molecule has 5 aliphatic rings. The number of rotatable bonds is 5. The first-order chi connectivity index (χ1) is 14.5. The maximum absolute atomic E-state index is 12.1. The summed E-state index contributed by atoms with van der Waals surface area (Å²) in [5.74, 6) is 1.06. The van der Waals surface area contributed by atoms with Crippen molar-refractivity contribution in [3.8, 4) is 5.75 Å². The van der Waals surface area contributed by atoms with Crippen LogP contribution in [-0.4, -0.2) is 39.7 Å². The van der Waals surface area contributed by atoms with E-state index in [1.165, 1.54) is 49.4 Å². The van der Waals surface area contributed by atoms with E-state index in [9.17, 15) is 9.90 Å². The number of fused-ring (bicyclic) bond motifs is 1. The van der Waals surface area contributed by atoms with Crippen LogP contribution in [0.15, 0.2) is 42.5 Å². The molecule has 2 bridgehead atoms. The number of likely N-dealkylation sites (tertiary alicyclic amines) is 1. The zero-order chi connectivity index (χ0) is 20.6. The third kappa shape index (κ3) is 2.12. The molecule has 1 heterocycles. The SMILES string of the molecule is C/C=C/C=C/C(=O)Oc1ccc2c(c1)[C@]13CCCC4(C1)N(CC1CCC1)[C@H](C2)[C@]43O. The Bertz CT molecular complexity index is 963. The number of benzene rings is 1. The lowest BCUT2D eigenvalue weighted by atomic mass is 9.29. The minimum Gasteiger partial charge on any atom is -0.423 e. The van der Waals surface area contributed by atoms with Crippen LogP contribution in [0.25, 0.3) is 0 Å². The summed E-state index contributed by atoms with van der Waals surface area (Å²) >= 11 is 0. The fraction of sp³-hybridized carbons (Fsp3) is 0.577. The number of hydrogen-bond acceptors (Lipinski definition) is 4. The number of carbonyl (C=O) groups is 1. The second-order valence-electron chi connectivity index (χ2n) is 10.2. The molecule has 4 heteroatoms. The van der Waals surface area contributed by atoms with Gasteiger partial charge >= 0.3 is 5.97 Å². The minimum absolute atomic E-state index is 0.00506. The van der Waals surface area contributed by atoms with Crippen LogP contribution in [0, 0.1) is 5.92 Å². The number of esters is 1. The fourth-order valence-electron chi connectivity index (χ4n) is 7.69. The van der Waals surface area contributed by atoms with Crippen molar-refractivity contribution in [3.05, 3.63) is 53.6 Å².